The number of phenolic OH excluding ortho intramolecular Hbond substituents is 2. The number of esters is 1. The number of phenols is 2. The van der Waals surface area contributed by atoms with Gasteiger partial charge in [0.25, 0.3) is 0 Å². The van der Waals surface area contributed by atoms with Crippen molar-refractivity contribution >= 4 is 37.1 Å². The molecule has 2 aromatic carbocycles. The van der Waals surface area contributed by atoms with E-state index >= 15 is 0 Å². The zero-order valence-electron chi connectivity index (χ0n) is 24.5. The Morgan fingerprint density at radius 3 is 1.74 bits per heavy atom. The van der Waals surface area contributed by atoms with Gasteiger partial charge in [0.1, 0.15) is 11.5 Å². The molecule has 13 heteroatoms. The number of ether oxygens (including phenoxy) is 2. The van der Waals surface area contributed by atoms with Crippen molar-refractivity contribution in [2.45, 2.75) is 84.5 Å². The molecule has 0 saturated carbocycles. The number of carboxylic acid groups (broad SMARTS) is 1. The van der Waals surface area contributed by atoms with Crippen molar-refractivity contribution in [3.8, 4) is 11.5 Å². The van der Waals surface area contributed by atoms with E-state index in [1.165, 1.54) is 25.0 Å². The highest BCUT2D eigenvalue weighted by molar-refractivity contribution is 6.62. The number of hydrogen-bond donors (Lipinski definition) is 5. The number of hydrogen-bond acceptors (Lipinski definition) is 10. The molecule has 0 spiro atoms. The second kappa shape index (κ2) is 15.4. The predicted octanol–water partition coefficient (Wildman–Crippen LogP) is 2.04. The number of benzene rings is 2. The van der Waals surface area contributed by atoms with Crippen molar-refractivity contribution in [1.29, 1.82) is 0 Å². The maximum absolute atomic E-state index is 11.5. The van der Waals surface area contributed by atoms with Crippen LogP contribution < -0.4 is 10.9 Å². The van der Waals surface area contributed by atoms with Crippen LogP contribution >= 0.6 is 0 Å². The number of carboxylic acids is 1. The molecule has 0 amide bonds. The lowest BCUT2D eigenvalue weighted by atomic mass is 9.77. The van der Waals surface area contributed by atoms with Crippen LogP contribution in [0.3, 0.4) is 0 Å². The Balaban J connectivity index is 0.000000193. The van der Waals surface area contributed by atoms with E-state index in [0.717, 1.165) is 23.3 Å². The number of fused-ring (bicyclic) bond motifs is 2. The molecule has 5 N–H and O–H groups in total. The van der Waals surface area contributed by atoms with E-state index in [1.54, 1.807) is 19.1 Å². The Bertz CT molecular complexity index is 1230. The second-order valence-electron chi connectivity index (χ2n) is 10.3. The Kier molecular flexibility index (Phi) is 12.3. The lowest BCUT2D eigenvalue weighted by Gasteiger charge is -2.14. The van der Waals surface area contributed by atoms with Crippen LogP contribution in [0.25, 0.3) is 0 Å². The highest BCUT2D eigenvalue weighted by atomic mass is 16.5. The number of carbonyl (C=O) groups is 2. The first kappa shape index (κ1) is 33.4. The third-order valence-corrected chi connectivity index (χ3v) is 7.26. The number of aliphatic carboxylic acids is 1. The van der Waals surface area contributed by atoms with Gasteiger partial charge in [0, 0.05) is 6.61 Å². The molecular weight excluding hydrogens is 546 g/mol. The molecule has 0 aromatic heterocycles. The molecule has 0 bridgehead atoms. The lowest BCUT2D eigenvalue weighted by molar-refractivity contribution is -0.145. The molecule has 3 aliphatic rings. The topological polar surface area (TPSA) is 172 Å². The zero-order chi connectivity index (χ0) is 31.0. The number of rotatable bonds is 7. The zero-order valence-corrected chi connectivity index (χ0v) is 24.5. The van der Waals surface area contributed by atoms with Crippen LogP contribution in [0, 0.1) is 0 Å². The Labute approximate surface area is 246 Å². The summed E-state index contributed by atoms with van der Waals surface area (Å²) in [6, 6.07) is 6.11. The fraction of sp³-hybridized carbons (Fsp3) is 0.517. The van der Waals surface area contributed by atoms with Crippen LogP contribution in [0.1, 0.15) is 87.8 Å². The highest BCUT2D eigenvalue weighted by Gasteiger charge is 2.39. The van der Waals surface area contributed by atoms with Crippen LogP contribution in [0.4, 0.5) is 0 Å². The molecule has 0 radical (unpaired) electrons. The average Bonchev–Trinajstić information content (AvgIpc) is 3.62. The monoisotopic (exact) mass is 586 g/mol. The molecule has 228 valence electrons. The van der Waals surface area contributed by atoms with Gasteiger partial charge in [-0.05, 0) is 97.0 Å². The summed E-state index contributed by atoms with van der Waals surface area (Å²) in [7, 11) is -2.27. The van der Waals surface area contributed by atoms with Gasteiger partial charge in [0.15, 0.2) is 0 Å². The quantitative estimate of drug-likeness (QED) is 0.238. The van der Waals surface area contributed by atoms with Crippen molar-refractivity contribution in [3.05, 3.63) is 46.5 Å². The minimum Gasteiger partial charge on any atom is -0.508 e. The molecule has 11 nitrogen and oxygen atoms in total. The molecule has 3 unspecified atom stereocenters. The minimum atomic E-state index is -1.16. The third-order valence-electron chi connectivity index (χ3n) is 7.26. The van der Waals surface area contributed by atoms with E-state index in [1.807, 2.05) is 13.8 Å². The van der Waals surface area contributed by atoms with Gasteiger partial charge in [-0.15, -0.1) is 0 Å². The Hall–Kier alpha value is -3.09. The van der Waals surface area contributed by atoms with E-state index < -0.39 is 32.4 Å². The van der Waals surface area contributed by atoms with Crippen LogP contribution in [-0.2, 0) is 41.2 Å². The molecule has 2 aromatic rings. The van der Waals surface area contributed by atoms with Gasteiger partial charge in [-0.2, -0.15) is 0 Å². The van der Waals surface area contributed by atoms with E-state index in [2.05, 4.69) is 6.92 Å². The minimum absolute atomic E-state index is 0.0548. The second-order valence-corrected chi connectivity index (χ2v) is 10.3. The Morgan fingerprint density at radius 1 is 0.881 bits per heavy atom. The summed E-state index contributed by atoms with van der Waals surface area (Å²) in [5.41, 5.74) is 4.17. The van der Waals surface area contributed by atoms with E-state index in [4.69, 9.17) is 23.9 Å². The van der Waals surface area contributed by atoms with Crippen molar-refractivity contribution in [3.63, 3.8) is 0 Å². The first-order valence-corrected chi connectivity index (χ1v) is 14.4. The lowest BCUT2D eigenvalue weighted by Crippen LogP contribution is -2.28. The van der Waals surface area contributed by atoms with Gasteiger partial charge in [0.2, 0.25) is 0 Å². The first-order valence-electron chi connectivity index (χ1n) is 14.4. The summed E-state index contributed by atoms with van der Waals surface area (Å²) in [5.74, 6) is -1.19. The smallest absolute Gasteiger partial charge is 0.492 e. The molecule has 3 atom stereocenters. The van der Waals surface area contributed by atoms with Gasteiger partial charge in [-0.3, -0.25) is 9.59 Å². The normalized spacial score (nSPS) is 20.2. The first-order chi connectivity index (χ1) is 20.0. The van der Waals surface area contributed by atoms with Crippen LogP contribution in [-0.4, -0.2) is 70.9 Å². The molecule has 3 heterocycles. The van der Waals surface area contributed by atoms with Crippen molar-refractivity contribution in [2.75, 3.05) is 13.2 Å². The molecular formula is C29H40B2O11. The average molecular weight is 586 g/mol. The van der Waals surface area contributed by atoms with Gasteiger partial charge in [0.05, 0.1) is 37.8 Å². The fourth-order valence-corrected chi connectivity index (χ4v) is 5.38. The van der Waals surface area contributed by atoms with Crippen LogP contribution in [0.5, 0.6) is 11.5 Å². The van der Waals surface area contributed by atoms with Gasteiger partial charge in [-0.1, -0.05) is 13.8 Å². The standard InChI is InChI=1S/C13H17BO5.C11H13BO5.C5H10O/c1-3-8-5-9(15)6-10-13(8)11(19-14(10)17)7-12(16)18-4-2;1-2-6-3-7(13)4-8-11(6)9(5-10(14)15)17-12(8)16;1-5-3-2-4-6-5/h5-6,11,15,17H,3-4,7H2,1-2H3;3-4,9,13,16H,2,5H2,1H3,(H,14,15);5H,2-4H2,1H3. The maximum Gasteiger partial charge on any atom is 0.492 e. The third kappa shape index (κ3) is 8.48. The SMILES string of the molecule is CC1CCCO1.CCOC(=O)CC1OB(O)c2cc(O)cc(CC)c21.CCc1cc(O)cc2c1C(CC(=O)O)OB2O. The molecule has 1 saturated heterocycles. The molecule has 3 aliphatic heterocycles. The largest absolute Gasteiger partial charge is 0.508 e. The summed E-state index contributed by atoms with van der Waals surface area (Å²) in [5, 5.41) is 47.5. The molecule has 42 heavy (non-hydrogen) atoms. The van der Waals surface area contributed by atoms with E-state index in [0.29, 0.717) is 42.0 Å². The van der Waals surface area contributed by atoms with Gasteiger partial charge < -0.3 is 44.2 Å². The fourth-order valence-electron chi connectivity index (χ4n) is 5.38. The van der Waals surface area contributed by atoms with Crippen molar-refractivity contribution in [1.82, 2.24) is 0 Å². The van der Waals surface area contributed by atoms with E-state index in [9.17, 15) is 29.9 Å². The van der Waals surface area contributed by atoms with Gasteiger partial charge in [-0.25, -0.2) is 0 Å². The predicted molar refractivity (Wildman–Crippen MR) is 156 cm³/mol. The summed E-state index contributed by atoms with van der Waals surface area (Å²) < 4.78 is 20.6. The highest BCUT2D eigenvalue weighted by Crippen LogP contribution is 2.33. The number of carbonyl (C=O) groups excluding carboxylic acids is 1. The van der Waals surface area contributed by atoms with Crippen molar-refractivity contribution in [2.24, 2.45) is 0 Å². The summed E-state index contributed by atoms with van der Waals surface area (Å²) in [4.78, 5) is 22.3. The Morgan fingerprint density at radius 2 is 1.38 bits per heavy atom. The van der Waals surface area contributed by atoms with Crippen LogP contribution in [0.2, 0.25) is 0 Å². The number of aryl methyl sites for hydroxylation is 2. The van der Waals surface area contributed by atoms with Crippen LogP contribution in [0.15, 0.2) is 24.3 Å². The van der Waals surface area contributed by atoms with Crippen molar-refractivity contribution < 1.29 is 53.7 Å². The molecule has 0 aliphatic carbocycles. The molecule has 1 fully saturated rings. The summed E-state index contributed by atoms with van der Waals surface area (Å²) in [6.07, 6.45) is 3.12. The number of aromatic hydroxyl groups is 2. The van der Waals surface area contributed by atoms with Gasteiger partial charge >= 0.3 is 26.2 Å². The summed E-state index contributed by atoms with van der Waals surface area (Å²) >= 11 is 0. The maximum atomic E-state index is 11.5. The molecule has 5 rings (SSSR count). The van der Waals surface area contributed by atoms with E-state index in [-0.39, 0.29) is 30.3 Å². The summed E-state index contributed by atoms with van der Waals surface area (Å²) in [6.45, 7) is 9.01.